The van der Waals surface area contributed by atoms with E-state index < -0.39 is 0 Å². The third kappa shape index (κ3) is 4.54. The lowest BCUT2D eigenvalue weighted by Gasteiger charge is -2.33. The monoisotopic (exact) mass is 226 g/mol. The van der Waals surface area contributed by atoms with Crippen LogP contribution < -0.4 is 0 Å². The molecule has 1 rings (SSSR count). The van der Waals surface area contributed by atoms with Gasteiger partial charge in [0.15, 0.2) is 0 Å². The average molecular weight is 226 g/mol. The highest BCUT2D eigenvalue weighted by molar-refractivity contribution is 5.66. The summed E-state index contributed by atoms with van der Waals surface area (Å²) in [6.45, 7) is 8.21. The van der Waals surface area contributed by atoms with Crippen molar-refractivity contribution < 1.29 is 9.53 Å². The molecule has 0 spiro atoms. The van der Waals surface area contributed by atoms with Gasteiger partial charge in [0.2, 0.25) is 0 Å². The van der Waals surface area contributed by atoms with E-state index in [9.17, 15) is 4.79 Å². The van der Waals surface area contributed by atoms with Gasteiger partial charge in [-0.15, -0.1) is 0 Å². The predicted octanol–water partition coefficient (Wildman–Crippen LogP) is 3.79. The molecule has 0 amide bonds. The van der Waals surface area contributed by atoms with E-state index in [0.29, 0.717) is 0 Å². The van der Waals surface area contributed by atoms with Gasteiger partial charge in [0.05, 0.1) is 6.10 Å². The normalized spacial score (nSPS) is 32.1. The van der Waals surface area contributed by atoms with Crippen molar-refractivity contribution >= 4 is 5.97 Å². The molecule has 94 valence electrons. The van der Waals surface area contributed by atoms with E-state index in [0.717, 1.165) is 24.2 Å². The van der Waals surface area contributed by atoms with Crippen molar-refractivity contribution in [3.63, 3.8) is 0 Å². The van der Waals surface area contributed by atoms with Gasteiger partial charge in [-0.05, 0) is 50.4 Å². The number of carbonyl (C=O) groups is 1. The second-order valence-corrected chi connectivity index (χ2v) is 5.65. The number of esters is 1. The zero-order valence-corrected chi connectivity index (χ0v) is 11.2. The quantitative estimate of drug-likeness (QED) is 0.682. The summed E-state index contributed by atoms with van der Waals surface area (Å²) in [4.78, 5) is 10.8. The van der Waals surface area contributed by atoms with Crippen LogP contribution in [0, 0.1) is 17.8 Å². The van der Waals surface area contributed by atoms with Crippen LogP contribution in [0.15, 0.2) is 0 Å². The summed E-state index contributed by atoms with van der Waals surface area (Å²) in [5.41, 5.74) is 0. The molecule has 16 heavy (non-hydrogen) atoms. The smallest absolute Gasteiger partial charge is 0.302 e. The van der Waals surface area contributed by atoms with Crippen molar-refractivity contribution in [1.82, 2.24) is 0 Å². The maximum Gasteiger partial charge on any atom is 0.302 e. The van der Waals surface area contributed by atoms with E-state index in [1.807, 2.05) is 6.92 Å². The molecule has 1 saturated carbocycles. The van der Waals surface area contributed by atoms with Crippen LogP contribution in [0.1, 0.15) is 59.8 Å². The fourth-order valence-corrected chi connectivity index (χ4v) is 2.95. The Kier molecular flexibility index (Phi) is 5.30. The standard InChI is InChI=1S/C14H26O2/c1-10-5-7-14(11(2)9-10)8-6-12(3)16-13(4)15/h10-12,14H,5-9H2,1-4H3/t10-,11+,12-,14+/m0/s1. The first-order chi connectivity index (χ1) is 7.49. The molecule has 0 aromatic rings. The fourth-order valence-electron chi connectivity index (χ4n) is 2.95. The lowest BCUT2D eigenvalue weighted by Crippen LogP contribution is -2.23. The van der Waals surface area contributed by atoms with Crippen LogP contribution in [-0.4, -0.2) is 12.1 Å². The van der Waals surface area contributed by atoms with Crippen LogP contribution >= 0.6 is 0 Å². The van der Waals surface area contributed by atoms with E-state index in [4.69, 9.17) is 4.74 Å². The van der Waals surface area contributed by atoms with Gasteiger partial charge in [-0.25, -0.2) is 0 Å². The molecule has 0 bridgehead atoms. The molecule has 0 unspecified atom stereocenters. The number of carbonyl (C=O) groups excluding carboxylic acids is 1. The summed E-state index contributed by atoms with van der Waals surface area (Å²) in [6.07, 6.45) is 6.41. The molecule has 0 heterocycles. The molecule has 2 nitrogen and oxygen atoms in total. The van der Waals surface area contributed by atoms with Gasteiger partial charge in [0.1, 0.15) is 0 Å². The summed E-state index contributed by atoms with van der Waals surface area (Å²) >= 11 is 0. The van der Waals surface area contributed by atoms with Crippen molar-refractivity contribution in [2.75, 3.05) is 0 Å². The zero-order valence-electron chi connectivity index (χ0n) is 11.2. The predicted molar refractivity (Wildman–Crippen MR) is 66.1 cm³/mol. The van der Waals surface area contributed by atoms with Crippen molar-refractivity contribution in [2.45, 2.75) is 65.9 Å². The highest BCUT2D eigenvalue weighted by Gasteiger charge is 2.25. The number of rotatable bonds is 4. The summed E-state index contributed by atoms with van der Waals surface area (Å²) in [6, 6.07) is 0. The van der Waals surface area contributed by atoms with Gasteiger partial charge < -0.3 is 4.74 Å². The Morgan fingerprint density at radius 3 is 2.62 bits per heavy atom. The first kappa shape index (κ1) is 13.5. The van der Waals surface area contributed by atoms with E-state index in [-0.39, 0.29) is 12.1 Å². The molecule has 0 aromatic heterocycles. The second-order valence-electron chi connectivity index (χ2n) is 5.65. The Balaban J connectivity index is 2.24. The number of hydrogen-bond donors (Lipinski definition) is 0. The number of hydrogen-bond acceptors (Lipinski definition) is 2. The molecule has 0 aliphatic heterocycles. The Hall–Kier alpha value is -0.530. The number of ether oxygens (including phenoxy) is 1. The topological polar surface area (TPSA) is 26.3 Å². The van der Waals surface area contributed by atoms with Crippen LogP contribution in [0.3, 0.4) is 0 Å². The minimum absolute atomic E-state index is 0.0871. The first-order valence-electron chi connectivity index (χ1n) is 6.66. The van der Waals surface area contributed by atoms with Crippen molar-refractivity contribution in [1.29, 1.82) is 0 Å². The lowest BCUT2D eigenvalue weighted by molar-refractivity contribution is -0.145. The largest absolute Gasteiger partial charge is 0.463 e. The molecule has 1 aliphatic carbocycles. The minimum atomic E-state index is -0.155. The van der Waals surface area contributed by atoms with Gasteiger partial charge in [-0.1, -0.05) is 20.3 Å². The van der Waals surface area contributed by atoms with Crippen molar-refractivity contribution in [2.24, 2.45) is 17.8 Å². The molecule has 0 radical (unpaired) electrons. The maximum absolute atomic E-state index is 10.8. The second kappa shape index (κ2) is 6.27. The molecule has 0 aromatic carbocycles. The highest BCUT2D eigenvalue weighted by atomic mass is 16.5. The minimum Gasteiger partial charge on any atom is -0.463 e. The third-order valence-corrected chi connectivity index (χ3v) is 3.92. The summed E-state index contributed by atoms with van der Waals surface area (Å²) in [7, 11) is 0. The fraction of sp³-hybridized carbons (Fsp3) is 0.929. The Morgan fingerprint density at radius 2 is 2.06 bits per heavy atom. The Morgan fingerprint density at radius 1 is 1.38 bits per heavy atom. The van der Waals surface area contributed by atoms with Crippen molar-refractivity contribution in [3.05, 3.63) is 0 Å². The average Bonchev–Trinajstić information content (AvgIpc) is 2.15. The van der Waals surface area contributed by atoms with Gasteiger partial charge in [-0.3, -0.25) is 4.79 Å². The van der Waals surface area contributed by atoms with E-state index >= 15 is 0 Å². The molecule has 4 atom stereocenters. The van der Waals surface area contributed by atoms with Gasteiger partial charge in [0.25, 0.3) is 0 Å². The van der Waals surface area contributed by atoms with Crippen LogP contribution in [0.2, 0.25) is 0 Å². The SMILES string of the molecule is CC(=O)O[C@@H](C)CC[C@H]1CC[C@H](C)C[C@H]1C. The molecule has 1 fully saturated rings. The first-order valence-corrected chi connectivity index (χ1v) is 6.66. The van der Waals surface area contributed by atoms with E-state index in [2.05, 4.69) is 13.8 Å². The summed E-state index contributed by atoms with van der Waals surface area (Å²) < 4.78 is 5.16. The van der Waals surface area contributed by atoms with Gasteiger partial charge in [-0.2, -0.15) is 0 Å². The molecule has 0 saturated heterocycles. The summed E-state index contributed by atoms with van der Waals surface area (Å²) in [5, 5.41) is 0. The zero-order chi connectivity index (χ0) is 12.1. The maximum atomic E-state index is 10.8. The third-order valence-electron chi connectivity index (χ3n) is 3.92. The molecule has 2 heteroatoms. The molecule has 0 N–H and O–H groups in total. The lowest BCUT2D eigenvalue weighted by atomic mass is 9.73. The van der Waals surface area contributed by atoms with Crippen LogP contribution in [0.4, 0.5) is 0 Å². The molecular weight excluding hydrogens is 200 g/mol. The van der Waals surface area contributed by atoms with Gasteiger partial charge >= 0.3 is 5.97 Å². The van der Waals surface area contributed by atoms with E-state index in [1.165, 1.54) is 32.6 Å². The molecular formula is C14H26O2. The van der Waals surface area contributed by atoms with Gasteiger partial charge in [0, 0.05) is 6.92 Å². The van der Waals surface area contributed by atoms with Crippen LogP contribution in [-0.2, 0) is 9.53 Å². The Bertz CT molecular complexity index is 225. The summed E-state index contributed by atoms with van der Waals surface area (Å²) in [5.74, 6) is 2.43. The van der Waals surface area contributed by atoms with Crippen molar-refractivity contribution in [3.8, 4) is 0 Å². The van der Waals surface area contributed by atoms with Crippen LogP contribution in [0.5, 0.6) is 0 Å². The van der Waals surface area contributed by atoms with Crippen LogP contribution in [0.25, 0.3) is 0 Å². The Labute approximate surface area is 99.8 Å². The molecule has 1 aliphatic rings. The van der Waals surface area contributed by atoms with E-state index in [1.54, 1.807) is 0 Å². The highest BCUT2D eigenvalue weighted by Crippen LogP contribution is 2.36.